The first-order valence-electron chi connectivity index (χ1n) is 13.2. The zero-order chi connectivity index (χ0) is 30.2. The van der Waals surface area contributed by atoms with Crippen molar-refractivity contribution in [2.24, 2.45) is 0 Å². The Hall–Kier alpha value is -4.36. The van der Waals surface area contributed by atoms with Gasteiger partial charge in [0, 0.05) is 44.2 Å². The summed E-state index contributed by atoms with van der Waals surface area (Å²) < 4.78 is 39.9. The monoisotopic (exact) mass is 619 g/mol. The Morgan fingerprint density at radius 1 is 1.02 bits per heavy atom. The summed E-state index contributed by atoms with van der Waals surface area (Å²) in [5.41, 5.74) is 3.38. The summed E-state index contributed by atoms with van der Waals surface area (Å²) in [7, 11) is 1.66. The molecule has 2 aromatic carbocycles. The van der Waals surface area contributed by atoms with Crippen molar-refractivity contribution in [1.29, 1.82) is 0 Å². The molecule has 0 atom stereocenters. The highest BCUT2D eigenvalue weighted by molar-refractivity contribution is 7.80. The molecule has 5 rings (SSSR count). The van der Waals surface area contributed by atoms with Gasteiger partial charge in [0.15, 0.2) is 16.7 Å². The molecule has 0 radical (unpaired) electrons. The quantitative estimate of drug-likeness (QED) is 0.118. The number of aromatic nitrogens is 2. The summed E-state index contributed by atoms with van der Waals surface area (Å²) in [6.45, 7) is 1.97. The Morgan fingerprint density at radius 3 is 2.65 bits per heavy atom. The van der Waals surface area contributed by atoms with Crippen LogP contribution in [0.1, 0.15) is 11.3 Å². The SMILES string of the molecule is COCCNCc1cccc(-c2cc3nccc(Oc4ccc(NC(=S)NC(=O)Cc5ccc(F)cc5)cc4F)c3s2)n1. The fourth-order valence-electron chi connectivity index (χ4n) is 4.13. The molecular formula is C31H27F2N5O3S2. The van der Waals surface area contributed by atoms with Gasteiger partial charge in [-0.15, -0.1) is 11.3 Å². The second-order valence-electron chi connectivity index (χ2n) is 9.37. The molecule has 0 fully saturated rings. The molecule has 8 nitrogen and oxygen atoms in total. The molecule has 0 spiro atoms. The predicted molar refractivity (Wildman–Crippen MR) is 167 cm³/mol. The van der Waals surface area contributed by atoms with Crippen molar-refractivity contribution >= 4 is 50.5 Å². The molecule has 0 aliphatic rings. The van der Waals surface area contributed by atoms with E-state index in [1.54, 1.807) is 25.4 Å². The smallest absolute Gasteiger partial charge is 0.230 e. The van der Waals surface area contributed by atoms with E-state index in [1.165, 1.54) is 47.7 Å². The average molecular weight is 620 g/mol. The molecule has 220 valence electrons. The molecule has 0 aliphatic heterocycles. The van der Waals surface area contributed by atoms with Crippen LogP contribution in [0.5, 0.6) is 11.5 Å². The van der Waals surface area contributed by atoms with Crippen molar-refractivity contribution in [2.75, 3.05) is 25.6 Å². The second-order valence-corrected chi connectivity index (χ2v) is 10.8. The van der Waals surface area contributed by atoms with Gasteiger partial charge in [-0.05, 0) is 60.2 Å². The topological polar surface area (TPSA) is 97.4 Å². The molecular weight excluding hydrogens is 593 g/mol. The van der Waals surface area contributed by atoms with Gasteiger partial charge in [0.1, 0.15) is 11.6 Å². The Balaban J connectivity index is 1.24. The molecule has 3 aromatic heterocycles. The molecule has 0 saturated carbocycles. The summed E-state index contributed by atoms with van der Waals surface area (Å²) in [4.78, 5) is 22.4. The first-order valence-corrected chi connectivity index (χ1v) is 14.5. The van der Waals surface area contributed by atoms with E-state index in [9.17, 15) is 9.18 Å². The minimum absolute atomic E-state index is 0.00516. The highest BCUT2D eigenvalue weighted by Gasteiger charge is 2.15. The minimum Gasteiger partial charge on any atom is -0.453 e. The Kier molecular flexibility index (Phi) is 9.95. The van der Waals surface area contributed by atoms with Crippen LogP contribution in [0, 0.1) is 11.6 Å². The lowest BCUT2D eigenvalue weighted by Crippen LogP contribution is -2.35. The maximum absolute atomic E-state index is 15.1. The van der Waals surface area contributed by atoms with Gasteiger partial charge in [0.25, 0.3) is 0 Å². The van der Waals surface area contributed by atoms with Gasteiger partial charge in [-0.1, -0.05) is 18.2 Å². The third kappa shape index (κ3) is 8.14. The van der Waals surface area contributed by atoms with Crippen LogP contribution in [0.4, 0.5) is 14.5 Å². The van der Waals surface area contributed by atoms with Crippen LogP contribution < -0.4 is 20.7 Å². The van der Waals surface area contributed by atoms with E-state index >= 15 is 4.39 Å². The molecule has 0 aliphatic carbocycles. The number of carbonyl (C=O) groups is 1. The van der Waals surface area contributed by atoms with Crippen LogP contribution in [0.3, 0.4) is 0 Å². The lowest BCUT2D eigenvalue weighted by Gasteiger charge is -2.12. The second kappa shape index (κ2) is 14.2. The standard InChI is InChI=1S/C31H27F2N5O3S2/c1-40-14-13-34-18-22-3-2-4-24(36-22)28-17-25-30(43-28)27(11-12-35-25)41-26-10-9-21(16-23(26)33)37-31(42)38-29(39)15-19-5-7-20(32)8-6-19/h2-12,16-17,34H,13-15,18H2,1H3,(H2,37,38,39,42). The Labute approximate surface area is 256 Å². The van der Waals surface area contributed by atoms with Gasteiger partial charge in [-0.3, -0.25) is 14.8 Å². The molecule has 12 heteroatoms. The van der Waals surface area contributed by atoms with E-state index in [4.69, 9.17) is 26.7 Å². The van der Waals surface area contributed by atoms with Crippen LogP contribution >= 0.6 is 23.6 Å². The number of fused-ring (bicyclic) bond motifs is 1. The van der Waals surface area contributed by atoms with Crippen LogP contribution in [-0.2, 0) is 22.5 Å². The first kappa shape index (κ1) is 30.1. The summed E-state index contributed by atoms with van der Waals surface area (Å²) in [6, 6.07) is 19.4. The van der Waals surface area contributed by atoms with Crippen molar-refractivity contribution in [2.45, 2.75) is 13.0 Å². The van der Waals surface area contributed by atoms with E-state index in [0.29, 0.717) is 35.7 Å². The molecule has 3 heterocycles. The Bertz CT molecular complexity index is 1750. The highest BCUT2D eigenvalue weighted by Crippen LogP contribution is 2.39. The number of thiocarbonyl (C=S) groups is 1. The van der Waals surface area contributed by atoms with Gasteiger partial charge >= 0.3 is 0 Å². The normalized spacial score (nSPS) is 11.0. The largest absolute Gasteiger partial charge is 0.453 e. The Morgan fingerprint density at radius 2 is 1.86 bits per heavy atom. The number of amides is 1. The molecule has 0 unspecified atom stereocenters. The molecule has 0 bridgehead atoms. The van der Waals surface area contributed by atoms with Crippen molar-refractivity contribution < 1.29 is 23.0 Å². The number of halogens is 2. The number of carbonyl (C=O) groups excluding carboxylic acids is 1. The zero-order valence-corrected chi connectivity index (χ0v) is 24.7. The molecule has 3 N–H and O–H groups in total. The molecule has 1 amide bonds. The number of methoxy groups -OCH3 is 1. The maximum atomic E-state index is 15.1. The van der Waals surface area contributed by atoms with E-state index < -0.39 is 5.82 Å². The number of benzene rings is 2. The maximum Gasteiger partial charge on any atom is 0.230 e. The number of anilines is 1. The number of hydrogen-bond donors (Lipinski definition) is 3. The summed E-state index contributed by atoms with van der Waals surface area (Å²) >= 11 is 6.65. The van der Waals surface area contributed by atoms with Crippen LogP contribution in [0.25, 0.3) is 20.8 Å². The first-order chi connectivity index (χ1) is 20.9. The number of pyridine rings is 2. The van der Waals surface area contributed by atoms with E-state index in [-0.39, 0.29) is 29.0 Å². The third-order valence-electron chi connectivity index (χ3n) is 6.16. The van der Waals surface area contributed by atoms with Crippen LogP contribution in [0.2, 0.25) is 0 Å². The van der Waals surface area contributed by atoms with E-state index in [0.717, 1.165) is 27.5 Å². The van der Waals surface area contributed by atoms with Gasteiger partial charge in [-0.25, -0.2) is 8.78 Å². The lowest BCUT2D eigenvalue weighted by molar-refractivity contribution is -0.119. The van der Waals surface area contributed by atoms with E-state index in [1.807, 2.05) is 24.3 Å². The fourth-order valence-corrected chi connectivity index (χ4v) is 5.39. The third-order valence-corrected chi connectivity index (χ3v) is 7.53. The number of ether oxygens (including phenoxy) is 2. The predicted octanol–water partition coefficient (Wildman–Crippen LogP) is 6.22. The number of nitrogens with one attached hydrogen (secondary N) is 3. The van der Waals surface area contributed by atoms with Crippen molar-refractivity contribution in [3.8, 4) is 22.1 Å². The van der Waals surface area contributed by atoms with Gasteiger partial charge in [0.05, 0.1) is 39.5 Å². The number of thiophene rings is 1. The number of hydrogen-bond acceptors (Lipinski definition) is 8. The van der Waals surface area contributed by atoms with Gasteiger partial charge in [0.2, 0.25) is 5.91 Å². The summed E-state index contributed by atoms with van der Waals surface area (Å²) in [5, 5.41) is 8.62. The van der Waals surface area contributed by atoms with Crippen LogP contribution in [-0.4, -0.2) is 41.2 Å². The van der Waals surface area contributed by atoms with Crippen LogP contribution in [0.15, 0.2) is 79.0 Å². The zero-order valence-electron chi connectivity index (χ0n) is 23.0. The molecule has 5 aromatic rings. The average Bonchev–Trinajstić information content (AvgIpc) is 3.44. The molecule has 0 saturated heterocycles. The number of nitrogens with zero attached hydrogens (tertiary/aromatic N) is 2. The summed E-state index contributed by atoms with van der Waals surface area (Å²) in [6.07, 6.45) is 1.63. The molecule has 43 heavy (non-hydrogen) atoms. The minimum atomic E-state index is -0.623. The van der Waals surface area contributed by atoms with Crippen molar-refractivity contribution in [1.82, 2.24) is 20.6 Å². The summed E-state index contributed by atoms with van der Waals surface area (Å²) in [5.74, 6) is -0.918. The van der Waals surface area contributed by atoms with Crippen molar-refractivity contribution in [3.05, 3.63) is 102 Å². The lowest BCUT2D eigenvalue weighted by atomic mass is 10.1. The fraction of sp³-hybridized carbons (Fsp3) is 0.161. The van der Waals surface area contributed by atoms with Crippen molar-refractivity contribution in [3.63, 3.8) is 0 Å². The number of rotatable bonds is 11. The van der Waals surface area contributed by atoms with E-state index in [2.05, 4.69) is 20.9 Å². The van der Waals surface area contributed by atoms with Gasteiger partial charge < -0.3 is 25.4 Å². The highest BCUT2D eigenvalue weighted by atomic mass is 32.1. The van der Waals surface area contributed by atoms with Gasteiger partial charge in [-0.2, -0.15) is 0 Å².